The first-order valence-corrected chi connectivity index (χ1v) is 7.54. The highest BCUT2D eigenvalue weighted by molar-refractivity contribution is 9.10. The van der Waals surface area contributed by atoms with Gasteiger partial charge < -0.3 is 5.32 Å². The summed E-state index contributed by atoms with van der Waals surface area (Å²) in [4.78, 5) is 0. The van der Waals surface area contributed by atoms with Gasteiger partial charge in [0.05, 0.1) is 0 Å². The summed E-state index contributed by atoms with van der Waals surface area (Å²) < 4.78 is 1.03. The SMILES string of the molecule is CC(NCc1cc(Br)ccc1Cl)c1ccccc1Cl. The summed E-state index contributed by atoms with van der Waals surface area (Å²) >= 11 is 15.8. The molecule has 100 valence electrons. The minimum atomic E-state index is 0.170. The molecule has 0 fully saturated rings. The molecule has 2 aromatic rings. The number of hydrogen-bond acceptors (Lipinski definition) is 1. The summed E-state index contributed by atoms with van der Waals surface area (Å²) in [5.74, 6) is 0. The van der Waals surface area contributed by atoms with E-state index in [1.54, 1.807) is 0 Å². The largest absolute Gasteiger partial charge is 0.306 e. The van der Waals surface area contributed by atoms with Crippen LogP contribution in [0, 0.1) is 0 Å². The van der Waals surface area contributed by atoms with Crippen LogP contribution >= 0.6 is 39.1 Å². The number of halogens is 3. The Morgan fingerprint density at radius 2 is 1.84 bits per heavy atom. The third-order valence-electron chi connectivity index (χ3n) is 2.98. The van der Waals surface area contributed by atoms with Crippen molar-refractivity contribution in [1.29, 1.82) is 0 Å². The van der Waals surface area contributed by atoms with Crippen molar-refractivity contribution in [1.82, 2.24) is 5.32 Å². The second kappa shape index (κ2) is 6.76. The molecule has 2 aromatic carbocycles. The van der Waals surface area contributed by atoms with Gasteiger partial charge in [0.2, 0.25) is 0 Å². The Balaban J connectivity index is 2.06. The number of benzene rings is 2. The fourth-order valence-corrected chi connectivity index (χ4v) is 2.77. The maximum absolute atomic E-state index is 6.18. The van der Waals surface area contributed by atoms with Gasteiger partial charge in [-0.15, -0.1) is 0 Å². The molecule has 1 unspecified atom stereocenters. The summed E-state index contributed by atoms with van der Waals surface area (Å²) in [6, 6.07) is 13.9. The van der Waals surface area contributed by atoms with Crippen molar-refractivity contribution in [2.75, 3.05) is 0 Å². The van der Waals surface area contributed by atoms with E-state index >= 15 is 0 Å². The Morgan fingerprint density at radius 1 is 1.11 bits per heavy atom. The van der Waals surface area contributed by atoms with Crippen LogP contribution in [0.2, 0.25) is 10.0 Å². The third kappa shape index (κ3) is 3.96. The van der Waals surface area contributed by atoms with Crippen molar-refractivity contribution >= 4 is 39.1 Å². The van der Waals surface area contributed by atoms with Crippen LogP contribution in [0.4, 0.5) is 0 Å². The van der Waals surface area contributed by atoms with E-state index in [0.717, 1.165) is 25.6 Å². The quantitative estimate of drug-likeness (QED) is 0.749. The summed E-state index contributed by atoms with van der Waals surface area (Å²) in [5.41, 5.74) is 2.16. The highest BCUT2D eigenvalue weighted by atomic mass is 79.9. The molecule has 1 N–H and O–H groups in total. The molecule has 4 heteroatoms. The molecule has 1 nitrogen and oxygen atoms in total. The molecular weight excluding hydrogens is 345 g/mol. The van der Waals surface area contributed by atoms with E-state index < -0.39 is 0 Å². The average molecular weight is 359 g/mol. The monoisotopic (exact) mass is 357 g/mol. The number of rotatable bonds is 4. The van der Waals surface area contributed by atoms with Gasteiger partial charge in [0, 0.05) is 27.1 Å². The molecule has 0 aliphatic carbocycles. The van der Waals surface area contributed by atoms with Gasteiger partial charge in [-0.1, -0.05) is 57.3 Å². The van der Waals surface area contributed by atoms with Gasteiger partial charge in [-0.05, 0) is 42.3 Å². The summed E-state index contributed by atoms with van der Waals surface area (Å²) in [6.45, 7) is 2.79. The molecule has 0 aliphatic heterocycles. The molecular formula is C15H14BrCl2N. The molecule has 2 rings (SSSR count). The number of nitrogens with one attached hydrogen (secondary N) is 1. The highest BCUT2D eigenvalue weighted by Crippen LogP contribution is 2.24. The van der Waals surface area contributed by atoms with E-state index in [4.69, 9.17) is 23.2 Å². The van der Waals surface area contributed by atoms with E-state index in [1.165, 1.54) is 0 Å². The van der Waals surface area contributed by atoms with E-state index in [1.807, 2.05) is 42.5 Å². The van der Waals surface area contributed by atoms with Crippen LogP contribution in [0.15, 0.2) is 46.9 Å². The molecule has 0 heterocycles. The van der Waals surface area contributed by atoms with Crippen LogP contribution in [0.25, 0.3) is 0 Å². The Kier molecular flexibility index (Phi) is 5.28. The van der Waals surface area contributed by atoms with Crippen LogP contribution in [-0.4, -0.2) is 0 Å². The maximum Gasteiger partial charge on any atom is 0.0453 e. The fourth-order valence-electron chi connectivity index (χ4n) is 1.88. The van der Waals surface area contributed by atoms with Crippen LogP contribution in [0.3, 0.4) is 0 Å². The topological polar surface area (TPSA) is 12.0 Å². The molecule has 0 aromatic heterocycles. The molecule has 0 saturated carbocycles. The zero-order valence-corrected chi connectivity index (χ0v) is 13.6. The van der Waals surface area contributed by atoms with E-state index in [-0.39, 0.29) is 6.04 Å². The fraction of sp³-hybridized carbons (Fsp3) is 0.200. The van der Waals surface area contributed by atoms with Gasteiger partial charge >= 0.3 is 0 Å². The van der Waals surface area contributed by atoms with Gasteiger partial charge in [-0.25, -0.2) is 0 Å². The molecule has 1 atom stereocenters. The van der Waals surface area contributed by atoms with Gasteiger partial charge in [-0.3, -0.25) is 0 Å². The van der Waals surface area contributed by atoms with Crippen molar-refractivity contribution in [3.05, 3.63) is 68.1 Å². The van der Waals surface area contributed by atoms with E-state index in [2.05, 4.69) is 28.2 Å². The lowest BCUT2D eigenvalue weighted by Gasteiger charge is -2.16. The minimum absolute atomic E-state index is 0.170. The summed E-state index contributed by atoms with van der Waals surface area (Å²) in [6.07, 6.45) is 0. The van der Waals surface area contributed by atoms with Crippen molar-refractivity contribution in [3.63, 3.8) is 0 Å². The first-order valence-electron chi connectivity index (χ1n) is 5.99. The molecule has 19 heavy (non-hydrogen) atoms. The lowest BCUT2D eigenvalue weighted by Crippen LogP contribution is -2.18. The zero-order valence-electron chi connectivity index (χ0n) is 10.5. The predicted molar refractivity (Wildman–Crippen MR) is 85.9 cm³/mol. The summed E-state index contributed by atoms with van der Waals surface area (Å²) in [7, 11) is 0. The van der Waals surface area contributed by atoms with Gasteiger partial charge in [0.15, 0.2) is 0 Å². The Morgan fingerprint density at radius 3 is 2.58 bits per heavy atom. The molecule has 0 spiro atoms. The smallest absolute Gasteiger partial charge is 0.0453 e. The highest BCUT2D eigenvalue weighted by Gasteiger charge is 2.09. The van der Waals surface area contributed by atoms with Gasteiger partial charge in [0.1, 0.15) is 0 Å². The van der Waals surface area contributed by atoms with Gasteiger partial charge in [0.25, 0.3) is 0 Å². The van der Waals surface area contributed by atoms with Crippen LogP contribution in [-0.2, 0) is 6.54 Å². The Hall–Kier alpha value is -0.540. The van der Waals surface area contributed by atoms with Crippen LogP contribution < -0.4 is 5.32 Å². The second-order valence-corrected chi connectivity index (χ2v) is 6.09. The van der Waals surface area contributed by atoms with Crippen molar-refractivity contribution in [2.24, 2.45) is 0 Å². The van der Waals surface area contributed by atoms with Crippen molar-refractivity contribution in [3.8, 4) is 0 Å². The van der Waals surface area contributed by atoms with Crippen molar-refractivity contribution in [2.45, 2.75) is 19.5 Å². The standard InChI is InChI=1S/C15H14BrCl2N/c1-10(13-4-2-3-5-15(13)18)19-9-11-8-12(16)6-7-14(11)17/h2-8,10,19H,9H2,1H3. The van der Waals surface area contributed by atoms with E-state index in [0.29, 0.717) is 6.54 Å². The predicted octanol–water partition coefficient (Wildman–Crippen LogP) is 5.61. The second-order valence-electron chi connectivity index (χ2n) is 4.36. The molecule has 0 radical (unpaired) electrons. The van der Waals surface area contributed by atoms with Gasteiger partial charge in [-0.2, -0.15) is 0 Å². The lowest BCUT2D eigenvalue weighted by atomic mass is 10.1. The van der Waals surface area contributed by atoms with Crippen LogP contribution in [0.5, 0.6) is 0 Å². The zero-order chi connectivity index (χ0) is 13.8. The first-order chi connectivity index (χ1) is 9.08. The average Bonchev–Trinajstić information content (AvgIpc) is 2.40. The van der Waals surface area contributed by atoms with Crippen molar-refractivity contribution < 1.29 is 0 Å². The molecule has 0 bridgehead atoms. The summed E-state index contributed by atoms with van der Waals surface area (Å²) in [5, 5.41) is 4.98. The molecule has 0 amide bonds. The van der Waals surface area contributed by atoms with E-state index in [9.17, 15) is 0 Å². The number of hydrogen-bond donors (Lipinski definition) is 1. The third-order valence-corrected chi connectivity index (χ3v) is 4.18. The Labute approximate surface area is 132 Å². The maximum atomic E-state index is 6.18. The first kappa shape index (κ1) is 14.9. The minimum Gasteiger partial charge on any atom is -0.306 e. The normalized spacial score (nSPS) is 12.4. The molecule has 0 aliphatic rings. The molecule has 0 saturated heterocycles. The van der Waals surface area contributed by atoms with Crippen LogP contribution in [0.1, 0.15) is 24.1 Å². The lowest BCUT2D eigenvalue weighted by molar-refractivity contribution is 0.575. The Bertz CT molecular complexity index is 572.